The molecule has 0 saturated carbocycles. The van der Waals surface area contributed by atoms with E-state index in [1.807, 2.05) is 25.1 Å². The van der Waals surface area contributed by atoms with E-state index in [0.717, 1.165) is 18.4 Å². The van der Waals surface area contributed by atoms with E-state index < -0.39 is 0 Å². The summed E-state index contributed by atoms with van der Waals surface area (Å²) in [6, 6.07) is 5.81. The summed E-state index contributed by atoms with van der Waals surface area (Å²) in [5.41, 5.74) is 3.03. The first-order valence-electron chi connectivity index (χ1n) is 6.18. The molecule has 0 spiro atoms. The lowest BCUT2D eigenvalue weighted by Gasteiger charge is -2.09. The van der Waals surface area contributed by atoms with Crippen molar-refractivity contribution in [1.29, 1.82) is 0 Å². The van der Waals surface area contributed by atoms with E-state index in [2.05, 4.69) is 12.2 Å². The Labute approximate surface area is 108 Å². The Morgan fingerprint density at radius 1 is 1.29 bits per heavy atom. The largest absolute Gasteiger partial charge is 0.352 e. The van der Waals surface area contributed by atoms with Crippen LogP contribution in [0.25, 0.3) is 0 Å². The summed E-state index contributed by atoms with van der Waals surface area (Å²) in [5.74, 6) is 0.438. The SMILES string of the molecule is CCCCc1ccc(C(=O)NCC)cc1CCl. The Hall–Kier alpha value is -1.02. The summed E-state index contributed by atoms with van der Waals surface area (Å²) >= 11 is 5.93. The fourth-order valence-electron chi connectivity index (χ4n) is 1.77. The second kappa shape index (κ2) is 7.33. The first kappa shape index (κ1) is 14.0. The predicted octanol–water partition coefficient (Wildman–Crippen LogP) is 3.52. The normalized spacial score (nSPS) is 10.3. The van der Waals surface area contributed by atoms with Gasteiger partial charge in [0.2, 0.25) is 0 Å². The van der Waals surface area contributed by atoms with Gasteiger partial charge >= 0.3 is 0 Å². The Bertz CT molecular complexity index is 376. The van der Waals surface area contributed by atoms with Crippen LogP contribution < -0.4 is 5.32 Å². The van der Waals surface area contributed by atoms with Crippen LogP contribution in [-0.4, -0.2) is 12.5 Å². The molecule has 0 aliphatic carbocycles. The molecule has 0 radical (unpaired) electrons. The number of amides is 1. The van der Waals surface area contributed by atoms with Crippen LogP contribution >= 0.6 is 11.6 Å². The minimum Gasteiger partial charge on any atom is -0.352 e. The van der Waals surface area contributed by atoms with Crippen molar-refractivity contribution in [3.8, 4) is 0 Å². The molecule has 0 saturated heterocycles. The van der Waals surface area contributed by atoms with Gasteiger partial charge in [-0.1, -0.05) is 19.4 Å². The quantitative estimate of drug-likeness (QED) is 0.773. The first-order chi connectivity index (χ1) is 8.22. The van der Waals surface area contributed by atoms with E-state index in [0.29, 0.717) is 18.0 Å². The van der Waals surface area contributed by atoms with Crippen LogP contribution in [0.2, 0.25) is 0 Å². The summed E-state index contributed by atoms with van der Waals surface area (Å²) in [7, 11) is 0. The standard InChI is InChI=1S/C14H20ClNO/c1-3-5-6-11-7-8-12(9-13(11)10-15)14(17)16-4-2/h7-9H,3-6,10H2,1-2H3,(H,16,17). The molecule has 3 heteroatoms. The predicted molar refractivity (Wildman–Crippen MR) is 72.6 cm³/mol. The number of rotatable bonds is 6. The summed E-state index contributed by atoms with van der Waals surface area (Å²) in [6.45, 7) is 4.73. The minimum atomic E-state index is -0.0269. The molecule has 2 nitrogen and oxygen atoms in total. The van der Waals surface area contributed by atoms with Gasteiger partial charge in [0, 0.05) is 18.0 Å². The zero-order chi connectivity index (χ0) is 12.7. The molecule has 1 aromatic carbocycles. The van der Waals surface area contributed by atoms with E-state index in [1.54, 1.807) is 0 Å². The second-order valence-corrected chi connectivity index (χ2v) is 4.35. The topological polar surface area (TPSA) is 29.1 Å². The lowest BCUT2D eigenvalue weighted by molar-refractivity contribution is 0.0955. The van der Waals surface area contributed by atoms with Gasteiger partial charge in [0.25, 0.3) is 5.91 Å². The summed E-state index contributed by atoms with van der Waals surface area (Å²) in [6.07, 6.45) is 3.36. The molecule has 0 aromatic heterocycles. The molecule has 0 bridgehead atoms. The highest BCUT2D eigenvalue weighted by Crippen LogP contribution is 2.17. The number of unbranched alkanes of at least 4 members (excludes halogenated alkanes) is 1. The number of aryl methyl sites for hydroxylation is 1. The van der Waals surface area contributed by atoms with Gasteiger partial charge in [-0.25, -0.2) is 0 Å². The molecule has 1 N–H and O–H groups in total. The Balaban J connectivity index is 2.87. The molecule has 0 aliphatic heterocycles. The van der Waals surface area contributed by atoms with Crippen molar-refractivity contribution in [1.82, 2.24) is 5.32 Å². The first-order valence-corrected chi connectivity index (χ1v) is 6.72. The third-order valence-corrected chi connectivity index (χ3v) is 3.04. The van der Waals surface area contributed by atoms with Gasteiger partial charge in [0.1, 0.15) is 0 Å². The maximum Gasteiger partial charge on any atom is 0.251 e. The van der Waals surface area contributed by atoms with Crippen molar-refractivity contribution in [2.45, 2.75) is 39.0 Å². The van der Waals surface area contributed by atoms with Gasteiger partial charge in [-0.3, -0.25) is 4.79 Å². The Kier molecular flexibility index (Phi) is 6.06. The third kappa shape index (κ3) is 4.04. The molecule has 0 unspecified atom stereocenters. The summed E-state index contributed by atoms with van der Waals surface area (Å²) < 4.78 is 0. The lowest BCUT2D eigenvalue weighted by Crippen LogP contribution is -2.22. The number of alkyl halides is 1. The van der Waals surface area contributed by atoms with Crippen LogP contribution in [-0.2, 0) is 12.3 Å². The number of hydrogen-bond donors (Lipinski definition) is 1. The van der Waals surface area contributed by atoms with Gasteiger partial charge < -0.3 is 5.32 Å². The molecule has 0 aliphatic rings. The van der Waals surface area contributed by atoms with Gasteiger partial charge in [0.15, 0.2) is 0 Å². The fourth-order valence-corrected chi connectivity index (χ4v) is 2.01. The van der Waals surface area contributed by atoms with E-state index >= 15 is 0 Å². The average molecular weight is 254 g/mol. The molecular weight excluding hydrogens is 234 g/mol. The van der Waals surface area contributed by atoms with Crippen molar-refractivity contribution < 1.29 is 4.79 Å². The molecule has 0 atom stereocenters. The highest BCUT2D eigenvalue weighted by Gasteiger charge is 2.08. The number of benzene rings is 1. The van der Waals surface area contributed by atoms with Crippen molar-refractivity contribution >= 4 is 17.5 Å². The Morgan fingerprint density at radius 2 is 2.06 bits per heavy atom. The van der Waals surface area contributed by atoms with Crippen molar-refractivity contribution in [3.63, 3.8) is 0 Å². The molecule has 0 fully saturated rings. The zero-order valence-corrected chi connectivity index (χ0v) is 11.3. The maximum atomic E-state index is 11.7. The zero-order valence-electron chi connectivity index (χ0n) is 10.6. The van der Waals surface area contributed by atoms with Crippen molar-refractivity contribution in [2.24, 2.45) is 0 Å². The second-order valence-electron chi connectivity index (χ2n) is 4.08. The molecule has 1 aromatic rings. The van der Waals surface area contributed by atoms with Gasteiger partial charge in [-0.2, -0.15) is 0 Å². The van der Waals surface area contributed by atoms with Crippen LogP contribution in [0.3, 0.4) is 0 Å². The third-order valence-electron chi connectivity index (χ3n) is 2.75. The molecular formula is C14H20ClNO. The molecule has 0 heterocycles. The number of nitrogens with one attached hydrogen (secondary N) is 1. The van der Waals surface area contributed by atoms with Crippen LogP contribution in [0.15, 0.2) is 18.2 Å². The lowest BCUT2D eigenvalue weighted by atomic mass is 10.00. The number of carbonyl (C=O) groups excluding carboxylic acids is 1. The number of carbonyl (C=O) groups is 1. The average Bonchev–Trinajstić information content (AvgIpc) is 2.36. The highest BCUT2D eigenvalue weighted by molar-refractivity contribution is 6.17. The molecule has 17 heavy (non-hydrogen) atoms. The van der Waals surface area contributed by atoms with Gasteiger partial charge in [-0.05, 0) is 43.0 Å². The van der Waals surface area contributed by atoms with Crippen LogP contribution in [0.1, 0.15) is 48.2 Å². The smallest absolute Gasteiger partial charge is 0.251 e. The summed E-state index contributed by atoms with van der Waals surface area (Å²) in [4.78, 5) is 11.7. The summed E-state index contributed by atoms with van der Waals surface area (Å²) in [5, 5.41) is 2.79. The van der Waals surface area contributed by atoms with E-state index in [1.165, 1.54) is 12.0 Å². The monoisotopic (exact) mass is 253 g/mol. The van der Waals surface area contributed by atoms with Crippen LogP contribution in [0.4, 0.5) is 0 Å². The van der Waals surface area contributed by atoms with E-state index in [4.69, 9.17) is 11.6 Å². The maximum absolute atomic E-state index is 11.7. The molecule has 1 amide bonds. The van der Waals surface area contributed by atoms with Crippen molar-refractivity contribution in [3.05, 3.63) is 34.9 Å². The number of hydrogen-bond acceptors (Lipinski definition) is 1. The molecule has 1 rings (SSSR count). The van der Waals surface area contributed by atoms with Crippen molar-refractivity contribution in [2.75, 3.05) is 6.54 Å². The Morgan fingerprint density at radius 3 is 2.65 bits per heavy atom. The number of halogens is 1. The molecule has 94 valence electrons. The fraction of sp³-hybridized carbons (Fsp3) is 0.500. The van der Waals surface area contributed by atoms with E-state index in [-0.39, 0.29) is 5.91 Å². The van der Waals surface area contributed by atoms with Crippen LogP contribution in [0, 0.1) is 0 Å². The van der Waals surface area contributed by atoms with Gasteiger partial charge in [0.05, 0.1) is 0 Å². The highest BCUT2D eigenvalue weighted by atomic mass is 35.5. The minimum absolute atomic E-state index is 0.0269. The van der Waals surface area contributed by atoms with Gasteiger partial charge in [-0.15, -0.1) is 11.6 Å². The van der Waals surface area contributed by atoms with Crippen LogP contribution in [0.5, 0.6) is 0 Å². The van der Waals surface area contributed by atoms with E-state index in [9.17, 15) is 4.79 Å².